The molecule has 0 atom stereocenters. The topological polar surface area (TPSA) is 127 Å². The third kappa shape index (κ3) is 2.30. The van der Waals surface area contributed by atoms with Crippen molar-refractivity contribution >= 4 is 23.0 Å². The van der Waals surface area contributed by atoms with Gasteiger partial charge in [-0.3, -0.25) is 25.0 Å². The van der Waals surface area contributed by atoms with E-state index in [1.165, 1.54) is 11.0 Å². The molecular weight excluding hydrogens is 258 g/mol. The molecule has 0 amide bonds. The molecule has 9 heteroatoms. The molecular formula is C10H9N3O6. The second-order valence-corrected chi connectivity index (χ2v) is 4.13. The quantitative estimate of drug-likeness (QED) is 0.637. The fourth-order valence-electron chi connectivity index (χ4n) is 1.87. The molecule has 0 aliphatic carbocycles. The van der Waals surface area contributed by atoms with Crippen molar-refractivity contribution in [3.05, 3.63) is 38.4 Å². The largest absolute Gasteiger partial charge is 0.481 e. The number of aliphatic carboxylic acids is 1. The van der Waals surface area contributed by atoms with Gasteiger partial charge in [-0.15, -0.1) is 0 Å². The molecule has 0 unspecified atom stereocenters. The lowest BCUT2D eigenvalue weighted by atomic mass is 9.99. The summed E-state index contributed by atoms with van der Waals surface area (Å²) in [4.78, 5) is 32.2. The maximum absolute atomic E-state index is 10.9. The second kappa shape index (κ2) is 4.52. The molecule has 0 aromatic heterocycles. The maximum Gasteiger partial charge on any atom is 0.310 e. The molecule has 1 aromatic rings. The molecule has 1 aliphatic rings. The fourth-order valence-corrected chi connectivity index (χ4v) is 1.87. The van der Waals surface area contributed by atoms with E-state index in [0.717, 1.165) is 12.1 Å². The van der Waals surface area contributed by atoms with Crippen LogP contribution in [-0.4, -0.2) is 34.0 Å². The molecule has 0 saturated carbocycles. The zero-order valence-electron chi connectivity index (χ0n) is 9.55. The van der Waals surface area contributed by atoms with Crippen LogP contribution < -0.4 is 4.90 Å². The van der Waals surface area contributed by atoms with Gasteiger partial charge in [0.1, 0.15) is 5.69 Å². The van der Waals surface area contributed by atoms with Crippen LogP contribution in [0.25, 0.3) is 0 Å². The number of non-ortho nitro benzene ring substituents is 1. The lowest BCUT2D eigenvalue weighted by Gasteiger charge is -2.37. The number of carboxylic acids is 1. The van der Waals surface area contributed by atoms with Crippen LogP contribution in [0.1, 0.15) is 0 Å². The van der Waals surface area contributed by atoms with E-state index in [2.05, 4.69) is 0 Å². The number of nitrogens with zero attached hydrogens (tertiary/aromatic N) is 3. The molecule has 100 valence electrons. The van der Waals surface area contributed by atoms with E-state index >= 15 is 0 Å². The molecule has 0 radical (unpaired) electrons. The van der Waals surface area contributed by atoms with Gasteiger partial charge >= 0.3 is 5.97 Å². The molecule has 1 aliphatic heterocycles. The number of benzene rings is 1. The summed E-state index contributed by atoms with van der Waals surface area (Å²) in [6.07, 6.45) is 0. The number of anilines is 1. The highest BCUT2D eigenvalue weighted by molar-refractivity contribution is 5.77. The SMILES string of the molecule is O=C(O)C1CN(c2ccc([N+](=O)[O-])cc2[N+](=O)[O-])C1. The zero-order chi connectivity index (χ0) is 14.2. The molecule has 0 spiro atoms. The molecule has 1 aromatic carbocycles. The highest BCUT2D eigenvalue weighted by atomic mass is 16.6. The molecule has 1 fully saturated rings. The first kappa shape index (κ1) is 12.7. The van der Waals surface area contributed by atoms with Gasteiger partial charge in [-0.1, -0.05) is 0 Å². The molecule has 9 nitrogen and oxygen atoms in total. The predicted molar refractivity (Wildman–Crippen MR) is 63.1 cm³/mol. The number of carboxylic acid groups (broad SMARTS) is 1. The van der Waals surface area contributed by atoms with Crippen LogP contribution >= 0.6 is 0 Å². The van der Waals surface area contributed by atoms with E-state index in [1.54, 1.807) is 0 Å². The van der Waals surface area contributed by atoms with Crippen molar-refractivity contribution in [1.82, 2.24) is 0 Å². The van der Waals surface area contributed by atoms with Crippen molar-refractivity contribution in [2.45, 2.75) is 0 Å². The predicted octanol–water partition coefficient (Wildman–Crippen LogP) is 1.02. The van der Waals surface area contributed by atoms with Gasteiger partial charge in [0.05, 0.1) is 21.8 Å². The summed E-state index contributed by atoms with van der Waals surface area (Å²) in [6.45, 7) is 0.321. The van der Waals surface area contributed by atoms with Gasteiger partial charge in [0.15, 0.2) is 0 Å². The minimum absolute atomic E-state index is 0.161. The Bertz CT molecular complexity index is 566. The molecule has 1 N–H and O–H groups in total. The molecule has 1 heterocycles. The van der Waals surface area contributed by atoms with E-state index < -0.39 is 27.4 Å². The summed E-state index contributed by atoms with van der Waals surface area (Å²) in [5, 5.41) is 30.2. The van der Waals surface area contributed by atoms with Crippen molar-refractivity contribution in [2.24, 2.45) is 5.92 Å². The van der Waals surface area contributed by atoms with E-state index in [0.29, 0.717) is 0 Å². The van der Waals surface area contributed by atoms with Crippen molar-refractivity contribution in [3.8, 4) is 0 Å². The van der Waals surface area contributed by atoms with Crippen LogP contribution in [0.5, 0.6) is 0 Å². The van der Waals surface area contributed by atoms with Crippen LogP contribution in [0, 0.1) is 26.1 Å². The van der Waals surface area contributed by atoms with Crippen LogP contribution in [0.3, 0.4) is 0 Å². The Kier molecular flexibility index (Phi) is 3.03. The average Bonchev–Trinajstić information content (AvgIpc) is 2.26. The third-order valence-corrected chi connectivity index (χ3v) is 2.94. The van der Waals surface area contributed by atoms with Gasteiger partial charge in [0, 0.05) is 19.2 Å². The second-order valence-electron chi connectivity index (χ2n) is 4.13. The van der Waals surface area contributed by atoms with Gasteiger partial charge in [-0.25, -0.2) is 0 Å². The summed E-state index contributed by atoms with van der Waals surface area (Å²) in [6, 6.07) is 3.31. The van der Waals surface area contributed by atoms with Crippen LogP contribution in [-0.2, 0) is 4.79 Å². The normalized spacial score (nSPS) is 14.8. The van der Waals surface area contributed by atoms with E-state index in [4.69, 9.17) is 5.11 Å². The van der Waals surface area contributed by atoms with E-state index in [1.807, 2.05) is 0 Å². The van der Waals surface area contributed by atoms with E-state index in [9.17, 15) is 25.0 Å². The fraction of sp³-hybridized carbons (Fsp3) is 0.300. The number of hydrogen-bond acceptors (Lipinski definition) is 6. The van der Waals surface area contributed by atoms with Gasteiger partial charge in [-0.2, -0.15) is 0 Å². The Labute approximate surface area is 106 Å². The first-order valence-electron chi connectivity index (χ1n) is 5.30. The number of rotatable bonds is 4. The average molecular weight is 267 g/mol. The smallest absolute Gasteiger partial charge is 0.310 e. The third-order valence-electron chi connectivity index (χ3n) is 2.94. The Morgan fingerprint density at radius 3 is 2.37 bits per heavy atom. The van der Waals surface area contributed by atoms with Crippen LogP contribution in [0.4, 0.5) is 17.1 Å². The summed E-state index contributed by atoms with van der Waals surface area (Å²) < 4.78 is 0. The Morgan fingerprint density at radius 1 is 1.26 bits per heavy atom. The van der Waals surface area contributed by atoms with Crippen molar-refractivity contribution in [3.63, 3.8) is 0 Å². The number of nitro groups is 2. The van der Waals surface area contributed by atoms with Crippen LogP contribution in [0.2, 0.25) is 0 Å². The van der Waals surface area contributed by atoms with Gasteiger partial charge < -0.3 is 10.0 Å². The van der Waals surface area contributed by atoms with Gasteiger partial charge in [0.25, 0.3) is 11.4 Å². The summed E-state index contributed by atoms with van der Waals surface area (Å²) in [5.74, 6) is -1.52. The number of hydrogen-bond donors (Lipinski definition) is 1. The Hall–Kier alpha value is -2.71. The Morgan fingerprint density at radius 2 is 1.89 bits per heavy atom. The maximum atomic E-state index is 10.9. The first-order chi connectivity index (χ1) is 8.90. The molecule has 0 bridgehead atoms. The summed E-state index contributed by atoms with van der Waals surface area (Å²) in [7, 11) is 0. The standard InChI is InChI=1S/C10H9N3O6/c14-10(15)6-4-11(5-6)8-2-1-7(12(16)17)3-9(8)13(18)19/h1-3,6H,4-5H2,(H,14,15). The minimum Gasteiger partial charge on any atom is -0.481 e. The van der Waals surface area contributed by atoms with Crippen molar-refractivity contribution in [2.75, 3.05) is 18.0 Å². The Balaban J connectivity index is 2.29. The summed E-state index contributed by atoms with van der Waals surface area (Å²) >= 11 is 0. The summed E-state index contributed by atoms with van der Waals surface area (Å²) in [5.41, 5.74) is -0.558. The zero-order valence-corrected chi connectivity index (χ0v) is 9.55. The monoisotopic (exact) mass is 267 g/mol. The molecule has 19 heavy (non-hydrogen) atoms. The highest BCUT2D eigenvalue weighted by Crippen LogP contribution is 2.35. The van der Waals surface area contributed by atoms with Gasteiger partial charge in [-0.05, 0) is 6.07 Å². The molecule has 1 saturated heterocycles. The van der Waals surface area contributed by atoms with Gasteiger partial charge in [0.2, 0.25) is 0 Å². The van der Waals surface area contributed by atoms with Crippen molar-refractivity contribution < 1.29 is 19.7 Å². The minimum atomic E-state index is -0.958. The van der Waals surface area contributed by atoms with Crippen LogP contribution in [0.15, 0.2) is 18.2 Å². The number of carbonyl (C=O) groups is 1. The number of nitro benzene ring substituents is 2. The lowest BCUT2D eigenvalue weighted by molar-refractivity contribution is -0.393. The lowest BCUT2D eigenvalue weighted by Crippen LogP contribution is -2.50. The van der Waals surface area contributed by atoms with Crippen molar-refractivity contribution in [1.29, 1.82) is 0 Å². The van der Waals surface area contributed by atoms with E-state index in [-0.39, 0.29) is 24.5 Å². The highest BCUT2D eigenvalue weighted by Gasteiger charge is 2.36. The first-order valence-corrected chi connectivity index (χ1v) is 5.30. The molecule has 2 rings (SSSR count).